The molecule has 4 nitrogen and oxygen atoms in total. The third-order valence-corrected chi connectivity index (χ3v) is 2.22. The van der Waals surface area contributed by atoms with Crippen LogP contribution in [0.2, 0.25) is 0 Å². The van der Waals surface area contributed by atoms with Crippen molar-refractivity contribution < 1.29 is 14.6 Å². The van der Waals surface area contributed by atoms with Gasteiger partial charge in [-0.1, -0.05) is 18.2 Å². The maximum atomic E-state index is 11.6. The molecule has 0 amide bonds. The normalized spacial score (nSPS) is 9.33. The molecule has 0 spiro atoms. The molecule has 0 radical (unpaired) electrons. The Balaban J connectivity index is 0.00000162. The van der Waals surface area contributed by atoms with Crippen LogP contribution in [0.1, 0.15) is 15.9 Å². The molecule has 0 aliphatic carbocycles. The van der Waals surface area contributed by atoms with Gasteiger partial charge in [-0.25, -0.2) is 4.79 Å². The Bertz CT molecular complexity index is 517. The number of phenolic OH excluding ortho intramolecular Hbond substituents is 1. The number of hydrogen-bond acceptors (Lipinski definition) is 4. The molecule has 1 N–H and O–H groups in total. The van der Waals surface area contributed by atoms with Gasteiger partial charge < -0.3 is 9.84 Å². The fourth-order valence-electron chi connectivity index (χ4n) is 1.36. The van der Waals surface area contributed by atoms with Gasteiger partial charge in [-0.2, -0.15) is 0 Å². The summed E-state index contributed by atoms with van der Waals surface area (Å²) in [5.41, 5.74) is 0.965. The van der Waals surface area contributed by atoms with E-state index in [9.17, 15) is 9.90 Å². The highest BCUT2D eigenvalue weighted by Gasteiger charge is 2.11. The molecule has 94 valence electrons. The van der Waals surface area contributed by atoms with E-state index in [-0.39, 0.29) is 30.3 Å². The van der Waals surface area contributed by atoms with Crippen LogP contribution in [0, 0.1) is 0 Å². The van der Waals surface area contributed by atoms with Crippen LogP contribution < -0.4 is 0 Å². The summed E-state index contributed by atoms with van der Waals surface area (Å²) in [6.45, 7) is 0.140. The second kappa shape index (κ2) is 6.61. The molecular weight excluding hydrogens is 254 g/mol. The molecule has 1 aromatic heterocycles. The van der Waals surface area contributed by atoms with Crippen LogP contribution in [-0.4, -0.2) is 16.1 Å². The topological polar surface area (TPSA) is 59.4 Å². The molecular formula is C13H12ClNO3. The molecule has 0 atom stereocenters. The third-order valence-electron chi connectivity index (χ3n) is 2.22. The number of pyridine rings is 1. The van der Waals surface area contributed by atoms with Crippen molar-refractivity contribution in [2.75, 3.05) is 0 Å². The monoisotopic (exact) mass is 265 g/mol. The first-order valence-corrected chi connectivity index (χ1v) is 5.11. The molecule has 1 heterocycles. The van der Waals surface area contributed by atoms with Crippen LogP contribution >= 0.6 is 12.4 Å². The molecule has 2 aromatic rings. The second-order valence-corrected chi connectivity index (χ2v) is 3.45. The van der Waals surface area contributed by atoms with E-state index >= 15 is 0 Å². The Morgan fingerprint density at radius 2 is 2.00 bits per heavy atom. The van der Waals surface area contributed by atoms with Gasteiger partial charge in [0.1, 0.15) is 17.9 Å². The van der Waals surface area contributed by atoms with Crippen molar-refractivity contribution in [1.29, 1.82) is 0 Å². The lowest BCUT2D eigenvalue weighted by atomic mass is 10.2. The Kier molecular flexibility index (Phi) is 5.14. The molecule has 18 heavy (non-hydrogen) atoms. The molecule has 2 rings (SSSR count). The zero-order valence-corrected chi connectivity index (χ0v) is 10.3. The molecule has 1 aromatic carbocycles. The lowest BCUT2D eigenvalue weighted by molar-refractivity contribution is 0.0469. The van der Waals surface area contributed by atoms with E-state index in [1.807, 2.05) is 6.07 Å². The summed E-state index contributed by atoms with van der Waals surface area (Å²) in [6.07, 6.45) is 3.27. The van der Waals surface area contributed by atoms with Crippen molar-refractivity contribution >= 4 is 18.4 Å². The Hall–Kier alpha value is -2.07. The molecule has 5 heteroatoms. The van der Waals surface area contributed by atoms with Gasteiger partial charge >= 0.3 is 5.97 Å². The highest BCUT2D eigenvalue weighted by molar-refractivity contribution is 5.92. The zero-order valence-electron chi connectivity index (χ0n) is 9.45. The summed E-state index contributed by atoms with van der Waals surface area (Å²) in [5, 5.41) is 9.46. The highest BCUT2D eigenvalue weighted by Crippen LogP contribution is 2.17. The summed E-state index contributed by atoms with van der Waals surface area (Å²) < 4.78 is 5.06. The molecule has 0 saturated carbocycles. The van der Waals surface area contributed by atoms with Gasteiger partial charge in [0.2, 0.25) is 0 Å². The number of carbonyl (C=O) groups excluding carboxylic acids is 1. The number of aromatic nitrogens is 1. The van der Waals surface area contributed by atoms with E-state index < -0.39 is 5.97 Å². The SMILES string of the molecule is Cl.O=C(OCc1cccnc1)c1ccccc1O. The van der Waals surface area contributed by atoms with Crippen LogP contribution in [-0.2, 0) is 11.3 Å². The molecule has 0 bridgehead atoms. The van der Waals surface area contributed by atoms with Crippen molar-refractivity contribution in [3.05, 3.63) is 59.9 Å². The van der Waals surface area contributed by atoms with Gasteiger partial charge in [0.15, 0.2) is 0 Å². The van der Waals surface area contributed by atoms with Gasteiger partial charge in [-0.15, -0.1) is 12.4 Å². The maximum Gasteiger partial charge on any atom is 0.342 e. The van der Waals surface area contributed by atoms with E-state index in [0.29, 0.717) is 0 Å². The van der Waals surface area contributed by atoms with E-state index in [0.717, 1.165) is 5.56 Å². The number of hydrogen-bond donors (Lipinski definition) is 1. The van der Waals surface area contributed by atoms with Gasteiger partial charge in [0, 0.05) is 18.0 Å². The van der Waals surface area contributed by atoms with E-state index in [4.69, 9.17) is 4.74 Å². The number of rotatable bonds is 3. The fourth-order valence-corrected chi connectivity index (χ4v) is 1.36. The van der Waals surface area contributed by atoms with E-state index in [1.54, 1.807) is 30.6 Å². The Labute approximate surface area is 111 Å². The number of halogens is 1. The minimum atomic E-state index is -0.549. The first kappa shape index (κ1) is 14.0. The summed E-state index contributed by atoms with van der Waals surface area (Å²) in [7, 11) is 0. The average molecular weight is 266 g/mol. The number of carbonyl (C=O) groups is 1. The number of esters is 1. The predicted octanol–water partition coefficient (Wildman–Crippen LogP) is 2.57. The van der Waals surface area contributed by atoms with Gasteiger partial charge in [-0.05, 0) is 18.2 Å². The smallest absolute Gasteiger partial charge is 0.342 e. The first-order chi connectivity index (χ1) is 8.27. The van der Waals surface area contributed by atoms with Crippen molar-refractivity contribution in [3.8, 4) is 5.75 Å². The highest BCUT2D eigenvalue weighted by atomic mass is 35.5. The molecule has 0 unspecified atom stereocenters. The summed E-state index contributed by atoms with van der Waals surface area (Å²) >= 11 is 0. The van der Waals surface area contributed by atoms with Crippen LogP contribution in [0.5, 0.6) is 5.75 Å². The summed E-state index contributed by atoms with van der Waals surface area (Å²) in [6, 6.07) is 9.85. The Morgan fingerprint density at radius 3 is 2.67 bits per heavy atom. The van der Waals surface area contributed by atoms with Gasteiger partial charge in [-0.3, -0.25) is 4.98 Å². The second-order valence-electron chi connectivity index (χ2n) is 3.45. The third kappa shape index (κ3) is 3.46. The molecule has 0 fully saturated rings. The molecule has 0 aliphatic heterocycles. The van der Waals surface area contributed by atoms with Gasteiger partial charge in [0.05, 0.1) is 0 Å². The standard InChI is InChI=1S/C13H11NO3.ClH/c15-12-6-2-1-5-11(12)13(16)17-9-10-4-3-7-14-8-10;/h1-8,15H,9H2;1H. The minimum Gasteiger partial charge on any atom is -0.507 e. The van der Waals surface area contributed by atoms with Crippen LogP contribution in [0.15, 0.2) is 48.8 Å². The number of benzene rings is 1. The van der Waals surface area contributed by atoms with Crippen LogP contribution in [0.4, 0.5) is 0 Å². The van der Waals surface area contributed by atoms with Crippen molar-refractivity contribution in [2.24, 2.45) is 0 Å². The number of aromatic hydroxyl groups is 1. The lowest BCUT2D eigenvalue weighted by Gasteiger charge is -2.05. The van der Waals surface area contributed by atoms with Crippen LogP contribution in [0.25, 0.3) is 0 Å². The number of nitrogens with zero attached hydrogens (tertiary/aromatic N) is 1. The summed E-state index contributed by atoms with van der Waals surface area (Å²) in [4.78, 5) is 15.5. The molecule has 0 saturated heterocycles. The van der Waals surface area contributed by atoms with Crippen LogP contribution in [0.3, 0.4) is 0 Å². The fraction of sp³-hybridized carbons (Fsp3) is 0.0769. The zero-order chi connectivity index (χ0) is 12.1. The Morgan fingerprint density at radius 1 is 1.22 bits per heavy atom. The maximum absolute atomic E-state index is 11.6. The number of phenols is 1. The number of para-hydroxylation sites is 1. The predicted molar refractivity (Wildman–Crippen MR) is 68.7 cm³/mol. The average Bonchev–Trinajstić information content (AvgIpc) is 2.38. The quantitative estimate of drug-likeness (QED) is 0.867. The van der Waals surface area contributed by atoms with E-state index in [1.165, 1.54) is 12.1 Å². The number of ether oxygens (including phenoxy) is 1. The lowest BCUT2D eigenvalue weighted by Crippen LogP contribution is -2.05. The van der Waals surface area contributed by atoms with Crippen molar-refractivity contribution in [1.82, 2.24) is 4.98 Å². The molecule has 0 aliphatic rings. The first-order valence-electron chi connectivity index (χ1n) is 5.11. The van der Waals surface area contributed by atoms with E-state index in [2.05, 4.69) is 4.98 Å². The van der Waals surface area contributed by atoms with Gasteiger partial charge in [0.25, 0.3) is 0 Å². The van der Waals surface area contributed by atoms with Crippen molar-refractivity contribution in [2.45, 2.75) is 6.61 Å². The largest absolute Gasteiger partial charge is 0.507 e. The van der Waals surface area contributed by atoms with Crippen molar-refractivity contribution in [3.63, 3.8) is 0 Å². The minimum absolute atomic E-state index is 0. The summed E-state index contributed by atoms with van der Waals surface area (Å²) in [5.74, 6) is -0.629.